The molecule has 0 unspecified atom stereocenters. The summed E-state index contributed by atoms with van der Waals surface area (Å²) in [6, 6.07) is 0. The molecule has 0 aliphatic rings. The van der Waals surface area contributed by atoms with Crippen LogP contribution in [0.1, 0.15) is 26.7 Å². The van der Waals surface area contributed by atoms with Gasteiger partial charge in [0.25, 0.3) is 0 Å². The van der Waals surface area contributed by atoms with Crippen molar-refractivity contribution in [1.82, 2.24) is 0 Å². The highest BCUT2D eigenvalue weighted by Gasteiger charge is 1.91. The Hall–Kier alpha value is -0.510. The zero-order chi connectivity index (χ0) is 9.28. The lowest BCUT2D eigenvalue weighted by molar-refractivity contribution is 0.144. The van der Waals surface area contributed by atoms with Gasteiger partial charge in [0.2, 0.25) is 6.43 Å². The number of hydrogen-bond donors (Lipinski definition) is 2. The largest absolute Gasteiger partial charge is 0.396 e. The van der Waals surface area contributed by atoms with Crippen LogP contribution in [0.2, 0.25) is 0 Å². The molecule has 0 aromatic heterocycles. The lowest BCUT2D eigenvalue weighted by Crippen LogP contribution is -1.90. The summed E-state index contributed by atoms with van der Waals surface area (Å²) < 4.78 is 21.5. The van der Waals surface area contributed by atoms with Gasteiger partial charge in [0.05, 0.1) is 0 Å². The third-order valence-electron chi connectivity index (χ3n) is 0.795. The fourth-order valence-corrected chi connectivity index (χ4v) is 0.168. The minimum atomic E-state index is -2.12. The molecule has 0 aliphatic heterocycles. The SMILES string of the molecule is CC(=N)CCO.CCC(F)F. The topological polar surface area (TPSA) is 44.1 Å². The molecule has 0 saturated carbocycles. The van der Waals surface area contributed by atoms with E-state index in [1.54, 1.807) is 6.92 Å². The summed E-state index contributed by atoms with van der Waals surface area (Å²) in [4.78, 5) is 0. The van der Waals surface area contributed by atoms with Gasteiger partial charge in [0.1, 0.15) is 0 Å². The van der Waals surface area contributed by atoms with Crippen LogP contribution in [0, 0.1) is 5.41 Å². The van der Waals surface area contributed by atoms with E-state index in [-0.39, 0.29) is 13.0 Å². The van der Waals surface area contributed by atoms with Crippen molar-refractivity contribution in [2.45, 2.75) is 33.1 Å². The van der Waals surface area contributed by atoms with Gasteiger partial charge in [0.15, 0.2) is 0 Å². The van der Waals surface area contributed by atoms with Crippen LogP contribution in [-0.4, -0.2) is 23.9 Å². The van der Waals surface area contributed by atoms with E-state index in [1.807, 2.05) is 0 Å². The Morgan fingerprint density at radius 2 is 1.91 bits per heavy atom. The predicted molar refractivity (Wildman–Crippen MR) is 41.4 cm³/mol. The second-order valence-corrected chi connectivity index (χ2v) is 2.05. The molecule has 0 bridgehead atoms. The van der Waals surface area contributed by atoms with Crippen LogP contribution in [0.5, 0.6) is 0 Å². The van der Waals surface area contributed by atoms with Gasteiger partial charge in [-0.1, -0.05) is 6.92 Å². The van der Waals surface area contributed by atoms with Crippen LogP contribution >= 0.6 is 0 Å². The van der Waals surface area contributed by atoms with Crippen LogP contribution in [0.15, 0.2) is 0 Å². The van der Waals surface area contributed by atoms with E-state index in [9.17, 15) is 8.78 Å². The van der Waals surface area contributed by atoms with E-state index < -0.39 is 6.43 Å². The lowest BCUT2D eigenvalue weighted by Gasteiger charge is -1.84. The van der Waals surface area contributed by atoms with E-state index in [2.05, 4.69) is 0 Å². The van der Waals surface area contributed by atoms with Gasteiger partial charge < -0.3 is 10.5 Å². The highest BCUT2D eigenvalue weighted by molar-refractivity contribution is 5.78. The first kappa shape index (κ1) is 13.1. The molecule has 0 fully saturated rings. The molecule has 0 spiro atoms. The van der Waals surface area contributed by atoms with Gasteiger partial charge in [-0.25, -0.2) is 8.78 Å². The Kier molecular flexibility index (Phi) is 11.3. The monoisotopic (exact) mass is 167 g/mol. The van der Waals surface area contributed by atoms with Gasteiger partial charge in [-0.05, 0) is 6.92 Å². The van der Waals surface area contributed by atoms with Crippen molar-refractivity contribution in [3.63, 3.8) is 0 Å². The summed E-state index contributed by atoms with van der Waals surface area (Å²) in [6.45, 7) is 3.23. The van der Waals surface area contributed by atoms with Crippen LogP contribution in [0.3, 0.4) is 0 Å². The minimum absolute atomic E-state index is 0.0278. The van der Waals surface area contributed by atoms with Crippen LogP contribution < -0.4 is 0 Å². The molecule has 0 atom stereocenters. The number of rotatable bonds is 3. The van der Waals surface area contributed by atoms with E-state index in [0.717, 1.165) is 0 Å². The van der Waals surface area contributed by atoms with Gasteiger partial charge in [-0.3, -0.25) is 0 Å². The van der Waals surface area contributed by atoms with E-state index in [4.69, 9.17) is 10.5 Å². The first-order valence-electron chi connectivity index (χ1n) is 3.47. The number of aliphatic hydroxyl groups excluding tert-OH is 1. The van der Waals surface area contributed by atoms with Crippen molar-refractivity contribution in [2.75, 3.05) is 6.61 Å². The first-order chi connectivity index (χ1) is 5.04. The molecular formula is C7H15F2NO. The van der Waals surface area contributed by atoms with E-state index in [1.165, 1.54) is 6.92 Å². The first-order valence-corrected chi connectivity index (χ1v) is 3.47. The maximum Gasteiger partial charge on any atom is 0.238 e. The molecule has 0 heterocycles. The van der Waals surface area contributed by atoms with Crippen LogP contribution in [0.4, 0.5) is 8.78 Å². The zero-order valence-electron chi connectivity index (χ0n) is 6.90. The third-order valence-corrected chi connectivity index (χ3v) is 0.795. The highest BCUT2D eigenvalue weighted by Crippen LogP contribution is 1.93. The summed E-state index contributed by atoms with van der Waals surface area (Å²) >= 11 is 0. The molecule has 0 rings (SSSR count). The molecule has 11 heavy (non-hydrogen) atoms. The lowest BCUT2D eigenvalue weighted by atomic mass is 10.3. The highest BCUT2D eigenvalue weighted by atomic mass is 19.3. The summed E-state index contributed by atoms with van der Waals surface area (Å²) in [5.74, 6) is 0. The second kappa shape index (κ2) is 9.49. The fraction of sp³-hybridized carbons (Fsp3) is 0.857. The average Bonchev–Trinajstić information content (AvgIpc) is 1.89. The predicted octanol–water partition coefficient (Wildman–Crippen LogP) is 2.07. The van der Waals surface area contributed by atoms with Crippen molar-refractivity contribution in [1.29, 1.82) is 5.41 Å². The molecule has 0 radical (unpaired) electrons. The van der Waals surface area contributed by atoms with Crippen LogP contribution in [0.25, 0.3) is 0 Å². The molecule has 0 aromatic carbocycles. The standard InChI is InChI=1S/C4H9NO.C3H6F2/c1-4(5)2-3-6;1-2-3(4)5/h5-6H,2-3H2,1H3;3H,2H2,1H3. The molecule has 0 amide bonds. The van der Waals surface area contributed by atoms with Crippen molar-refractivity contribution in [3.8, 4) is 0 Å². The molecule has 4 heteroatoms. The van der Waals surface area contributed by atoms with Gasteiger partial charge >= 0.3 is 0 Å². The van der Waals surface area contributed by atoms with Crippen LogP contribution in [-0.2, 0) is 0 Å². The minimum Gasteiger partial charge on any atom is -0.396 e. The third kappa shape index (κ3) is 26.4. The zero-order valence-corrected chi connectivity index (χ0v) is 6.90. The van der Waals surface area contributed by atoms with Crippen molar-refractivity contribution in [3.05, 3.63) is 0 Å². The number of hydrogen-bond acceptors (Lipinski definition) is 2. The summed E-state index contributed by atoms with van der Waals surface area (Å²) in [5, 5.41) is 14.8. The molecule has 0 aromatic rings. The maximum atomic E-state index is 10.8. The smallest absolute Gasteiger partial charge is 0.238 e. The summed E-state index contributed by atoms with van der Waals surface area (Å²) in [6.07, 6.45) is -1.63. The number of aliphatic hydroxyl groups is 1. The molecule has 2 N–H and O–H groups in total. The summed E-state index contributed by atoms with van der Waals surface area (Å²) in [7, 11) is 0. The molecular weight excluding hydrogens is 152 g/mol. The fourth-order valence-electron chi connectivity index (χ4n) is 0.168. The Labute approximate surface area is 65.7 Å². The number of halogens is 2. The average molecular weight is 167 g/mol. The molecule has 0 saturated heterocycles. The molecule has 2 nitrogen and oxygen atoms in total. The Balaban J connectivity index is 0. The van der Waals surface area contributed by atoms with Gasteiger partial charge in [0, 0.05) is 25.2 Å². The maximum absolute atomic E-state index is 10.8. The normalized spacial score (nSPS) is 8.91. The molecule has 68 valence electrons. The quantitative estimate of drug-likeness (QED) is 0.621. The molecule has 0 aliphatic carbocycles. The number of alkyl halides is 2. The van der Waals surface area contributed by atoms with Crippen molar-refractivity contribution < 1.29 is 13.9 Å². The van der Waals surface area contributed by atoms with E-state index >= 15 is 0 Å². The van der Waals surface area contributed by atoms with Crippen molar-refractivity contribution in [2.24, 2.45) is 0 Å². The van der Waals surface area contributed by atoms with Gasteiger partial charge in [-0.2, -0.15) is 0 Å². The van der Waals surface area contributed by atoms with Gasteiger partial charge in [-0.15, -0.1) is 0 Å². The second-order valence-electron chi connectivity index (χ2n) is 2.05. The number of nitrogens with one attached hydrogen (secondary N) is 1. The Bertz CT molecular complexity index is 96.4. The summed E-state index contributed by atoms with van der Waals surface area (Å²) in [5.41, 5.74) is 0.539. The van der Waals surface area contributed by atoms with Crippen molar-refractivity contribution >= 4 is 5.71 Å². The van der Waals surface area contributed by atoms with E-state index in [0.29, 0.717) is 12.1 Å². The Morgan fingerprint density at radius 1 is 1.55 bits per heavy atom. The Morgan fingerprint density at radius 3 is 1.91 bits per heavy atom.